The molecule has 1 aliphatic rings. The molecule has 10 heteroatoms. The summed E-state index contributed by atoms with van der Waals surface area (Å²) in [5, 5.41) is 29.4. The molecule has 2 aromatic heterocycles. The molecule has 2 heterocycles. The van der Waals surface area contributed by atoms with Crippen LogP contribution in [0.1, 0.15) is 55.6 Å². The summed E-state index contributed by atoms with van der Waals surface area (Å²) < 4.78 is 43.8. The van der Waals surface area contributed by atoms with Crippen LogP contribution >= 0.6 is 0 Å². The Morgan fingerprint density at radius 2 is 1.83 bits per heavy atom. The normalized spacial score (nSPS) is 18.6. The van der Waals surface area contributed by atoms with E-state index in [0.29, 0.717) is 52.7 Å². The number of carboxylic acids is 1. The van der Waals surface area contributed by atoms with Gasteiger partial charge in [-0.3, -0.25) is 5.10 Å². The van der Waals surface area contributed by atoms with E-state index in [9.17, 15) is 19.4 Å². The Morgan fingerprint density at radius 3 is 2.50 bits per heavy atom. The van der Waals surface area contributed by atoms with Crippen molar-refractivity contribution >= 4 is 27.8 Å². The second kappa shape index (κ2) is 11.5. The van der Waals surface area contributed by atoms with Crippen LogP contribution in [0.5, 0.6) is 5.75 Å². The van der Waals surface area contributed by atoms with Gasteiger partial charge < -0.3 is 24.3 Å². The molecule has 0 bridgehead atoms. The van der Waals surface area contributed by atoms with Crippen LogP contribution in [0.15, 0.2) is 54.7 Å². The van der Waals surface area contributed by atoms with Gasteiger partial charge in [-0.05, 0) is 55.2 Å². The number of halogens is 2. The van der Waals surface area contributed by atoms with E-state index in [4.69, 9.17) is 9.47 Å². The fourth-order valence-corrected chi connectivity index (χ4v) is 6.04. The largest absolute Gasteiger partial charge is 0.494 e. The maximum Gasteiger partial charge on any atom is 0.335 e. The Morgan fingerprint density at radius 1 is 1.10 bits per heavy atom. The summed E-state index contributed by atoms with van der Waals surface area (Å²) >= 11 is 0. The Kier molecular flexibility index (Phi) is 8.03. The average Bonchev–Trinajstić information content (AvgIpc) is 3.62. The predicted molar refractivity (Wildman–Crippen MR) is 156 cm³/mol. The van der Waals surface area contributed by atoms with Crippen LogP contribution in [0.2, 0.25) is 0 Å². The first-order valence-electron chi connectivity index (χ1n) is 13.9. The maximum atomic E-state index is 16.5. The monoisotopic (exact) mass is 577 g/mol. The second-order valence-electron chi connectivity index (χ2n) is 10.1. The second-order valence-corrected chi connectivity index (χ2v) is 10.1. The van der Waals surface area contributed by atoms with Crippen molar-refractivity contribution in [1.29, 1.82) is 0 Å². The molecule has 3 N–H and O–H groups in total. The van der Waals surface area contributed by atoms with E-state index in [1.165, 1.54) is 44.7 Å². The van der Waals surface area contributed by atoms with Gasteiger partial charge in [0.15, 0.2) is 17.4 Å². The minimum Gasteiger partial charge on any atom is -0.494 e. The molecule has 1 aliphatic carbocycles. The van der Waals surface area contributed by atoms with Gasteiger partial charge in [-0.25, -0.2) is 13.6 Å². The highest BCUT2D eigenvalue weighted by molar-refractivity contribution is 6.06. The minimum atomic E-state index is -1.56. The predicted octanol–water partition coefficient (Wildman–Crippen LogP) is 6.96. The van der Waals surface area contributed by atoms with Crippen molar-refractivity contribution in [3.05, 3.63) is 77.6 Å². The van der Waals surface area contributed by atoms with Crippen molar-refractivity contribution in [3.63, 3.8) is 0 Å². The molecule has 0 spiro atoms. The van der Waals surface area contributed by atoms with Crippen molar-refractivity contribution in [2.24, 2.45) is 0 Å². The molecule has 0 saturated heterocycles. The number of aliphatic hydroxyl groups is 1. The van der Waals surface area contributed by atoms with E-state index in [2.05, 4.69) is 10.2 Å². The number of aromatic nitrogens is 3. The molecule has 0 aliphatic heterocycles. The topological polar surface area (TPSA) is 110 Å². The zero-order chi connectivity index (χ0) is 30.2. The van der Waals surface area contributed by atoms with Gasteiger partial charge in [-0.1, -0.05) is 32.4 Å². The summed E-state index contributed by atoms with van der Waals surface area (Å²) in [5.41, 5.74) is 0.817. The summed E-state index contributed by atoms with van der Waals surface area (Å²) in [6.07, 6.45) is 3.35. The highest BCUT2D eigenvalue weighted by atomic mass is 19.1. The number of carboxylic acid groups (broad SMARTS) is 1. The molecule has 2 atom stereocenters. The molecule has 220 valence electrons. The first-order chi connectivity index (χ1) is 20.3. The van der Waals surface area contributed by atoms with Crippen LogP contribution in [0, 0.1) is 11.6 Å². The van der Waals surface area contributed by atoms with Crippen LogP contribution in [0.3, 0.4) is 0 Å². The molecule has 8 nitrogen and oxygen atoms in total. The van der Waals surface area contributed by atoms with Crippen molar-refractivity contribution in [2.45, 2.75) is 51.2 Å². The molecular weight excluding hydrogens is 544 g/mol. The third kappa shape index (κ3) is 4.60. The van der Waals surface area contributed by atoms with E-state index in [0.717, 1.165) is 6.42 Å². The number of H-pyrrole nitrogens is 1. The third-order valence-corrected chi connectivity index (χ3v) is 7.92. The van der Waals surface area contributed by atoms with E-state index in [1.54, 1.807) is 28.8 Å². The summed E-state index contributed by atoms with van der Waals surface area (Å²) in [7, 11) is 2.89. The van der Waals surface area contributed by atoms with Gasteiger partial charge in [0.2, 0.25) is 0 Å². The smallest absolute Gasteiger partial charge is 0.335 e. The van der Waals surface area contributed by atoms with Crippen molar-refractivity contribution in [2.75, 3.05) is 14.2 Å². The number of methoxy groups -OCH3 is 2. The lowest BCUT2D eigenvalue weighted by atomic mass is 9.77. The Labute approximate surface area is 241 Å². The summed E-state index contributed by atoms with van der Waals surface area (Å²) in [4.78, 5) is 11.6. The van der Waals surface area contributed by atoms with Gasteiger partial charge in [0, 0.05) is 35.2 Å². The van der Waals surface area contributed by atoms with Crippen molar-refractivity contribution < 1.29 is 33.3 Å². The molecule has 0 radical (unpaired) electrons. The first-order valence-corrected chi connectivity index (χ1v) is 13.9. The standard InChI is InChI=1S/C30H27F2N3O5.C2H6/c1-39-22-14-19(10-11-20(22)31)35-21-13-18-15-33-34-27(18)26(32)25(21)24(16-6-8-17(9-7-16)29(36)37)28(35)30(38)12-4-3-5-23(30)40-2;1-2/h6-11,13-15,23,38H,3-5,12H2,1-2H3,(H,33,34)(H,36,37);1-2H3. The van der Waals surface area contributed by atoms with Gasteiger partial charge in [0.05, 0.1) is 36.2 Å². The Balaban J connectivity index is 0.00000173. The Hall–Kier alpha value is -4.28. The summed E-state index contributed by atoms with van der Waals surface area (Å²) in [5.74, 6) is -2.25. The minimum absolute atomic E-state index is 0.0125. The number of nitrogens with zero attached hydrogens (tertiary/aromatic N) is 2. The first kappa shape index (κ1) is 29.2. The molecular formula is C32H33F2N3O5. The van der Waals surface area contributed by atoms with E-state index in [1.807, 2.05) is 13.8 Å². The molecule has 5 aromatic rings. The maximum absolute atomic E-state index is 16.5. The zero-order valence-electron chi connectivity index (χ0n) is 23.9. The fourth-order valence-electron chi connectivity index (χ4n) is 6.04. The fraction of sp³-hybridized carbons (Fsp3) is 0.312. The molecule has 1 fully saturated rings. The van der Waals surface area contributed by atoms with Crippen LogP contribution in [-0.4, -0.2) is 51.3 Å². The highest BCUT2D eigenvalue weighted by Gasteiger charge is 2.46. The van der Waals surface area contributed by atoms with Gasteiger partial charge in [-0.15, -0.1) is 0 Å². The number of aromatic amines is 1. The highest BCUT2D eigenvalue weighted by Crippen LogP contribution is 2.49. The number of fused-ring (bicyclic) bond motifs is 2. The lowest BCUT2D eigenvalue weighted by Gasteiger charge is -2.40. The van der Waals surface area contributed by atoms with E-state index < -0.39 is 29.3 Å². The average molecular weight is 578 g/mol. The number of ether oxygens (including phenoxy) is 2. The number of aromatic carboxylic acids is 1. The van der Waals surface area contributed by atoms with Gasteiger partial charge in [0.1, 0.15) is 11.1 Å². The summed E-state index contributed by atoms with van der Waals surface area (Å²) in [6.45, 7) is 4.00. The van der Waals surface area contributed by atoms with E-state index >= 15 is 4.39 Å². The Bertz CT molecular complexity index is 1760. The van der Waals surface area contributed by atoms with Crippen LogP contribution in [-0.2, 0) is 10.3 Å². The van der Waals surface area contributed by atoms with Crippen LogP contribution in [0.25, 0.3) is 38.6 Å². The van der Waals surface area contributed by atoms with Crippen LogP contribution in [0.4, 0.5) is 8.78 Å². The third-order valence-electron chi connectivity index (χ3n) is 7.92. The molecule has 1 saturated carbocycles. The lowest BCUT2D eigenvalue weighted by molar-refractivity contribution is -0.125. The SMILES string of the molecule is CC.COc1cc(-n2c(C3(O)CCCCC3OC)c(-c3ccc(C(=O)O)cc3)c3c(F)c4[nH]ncc4cc32)ccc1F. The number of nitrogens with one attached hydrogen (secondary N) is 1. The molecule has 2 unspecified atom stereocenters. The molecule has 0 amide bonds. The number of carbonyl (C=O) groups is 1. The zero-order valence-corrected chi connectivity index (χ0v) is 23.9. The number of rotatable bonds is 6. The number of hydrogen-bond acceptors (Lipinski definition) is 5. The van der Waals surface area contributed by atoms with Crippen molar-refractivity contribution in [1.82, 2.24) is 14.8 Å². The van der Waals surface area contributed by atoms with Gasteiger partial charge >= 0.3 is 5.97 Å². The van der Waals surface area contributed by atoms with Gasteiger partial charge in [0.25, 0.3) is 0 Å². The molecule has 42 heavy (non-hydrogen) atoms. The summed E-state index contributed by atoms with van der Waals surface area (Å²) in [6, 6.07) is 12.2. The lowest BCUT2D eigenvalue weighted by Crippen LogP contribution is -2.45. The number of hydrogen-bond donors (Lipinski definition) is 3. The van der Waals surface area contributed by atoms with Gasteiger partial charge in [-0.2, -0.15) is 5.10 Å². The molecule has 6 rings (SSSR count). The van der Waals surface area contributed by atoms with Crippen LogP contribution < -0.4 is 4.74 Å². The van der Waals surface area contributed by atoms with E-state index in [-0.39, 0.29) is 22.2 Å². The number of benzene rings is 3. The molecule has 3 aromatic carbocycles. The quantitative estimate of drug-likeness (QED) is 0.201. The van der Waals surface area contributed by atoms with Crippen molar-refractivity contribution in [3.8, 4) is 22.6 Å².